The van der Waals surface area contributed by atoms with E-state index >= 15 is 0 Å². The van der Waals surface area contributed by atoms with E-state index in [0.717, 1.165) is 59.5 Å². The van der Waals surface area contributed by atoms with Gasteiger partial charge in [0.1, 0.15) is 5.82 Å². The largest absolute Gasteiger partial charge is 0.338 e. The Bertz CT molecular complexity index is 1270. The van der Waals surface area contributed by atoms with Gasteiger partial charge in [0.05, 0.1) is 11.0 Å². The molecule has 2 amide bonds. The third kappa shape index (κ3) is 4.80. The van der Waals surface area contributed by atoms with Crippen molar-refractivity contribution in [2.75, 3.05) is 10.6 Å². The van der Waals surface area contributed by atoms with Crippen LogP contribution in [0, 0.1) is 5.92 Å². The topological polar surface area (TPSA) is 86.9 Å². The molecule has 1 heterocycles. The second-order valence-corrected chi connectivity index (χ2v) is 8.54. The van der Waals surface area contributed by atoms with Gasteiger partial charge in [-0.3, -0.25) is 9.59 Å². The number of hydrogen-bond donors (Lipinski definition) is 3. The number of rotatable bonds is 5. The summed E-state index contributed by atoms with van der Waals surface area (Å²) < 4.78 is 0. The van der Waals surface area contributed by atoms with Crippen LogP contribution in [-0.4, -0.2) is 21.8 Å². The number of aromatic amines is 1. The monoisotopic (exact) mass is 438 g/mol. The summed E-state index contributed by atoms with van der Waals surface area (Å²) in [5.41, 5.74) is 4.67. The molecule has 0 atom stereocenters. The lowest BCUT2D eigenvalue weighted by molar-refractivity contribution is -0.120. The van der Waals surface area contributed by atoms with Crippen LogP contribution in [0.5, 0.6) is 0 Å². The smallest absolute Gasteiger partial charge is 0.255 e. The summed E-state index contributed by atoms with van der Waals surface area (Å²) in [5, 5.41) is 5.94. The van der Waals surface area contributed by atoms with Crippen molar-refractivity contribution in [2.24, 2.45) is 5.92 Å². The second-order valence-electron chi connectivity index (χ2n) is 8.54. The number of benzene rings is 3. The number of carbonyl (C=O) groups excluding carboxylic acids is 2. The van der Waals surface area contributed by atoms with Crippen LogP contribution in [-0.2, 0) is 4.79 Å². The molecule has 4 aromatic rings. The third-order valence-corrected chi connectivity index (χ3v) is 6.18. The van der Waals surface area contributed by atoms with Crippen molar-refractivity contribution in [3.63, 3.8) is 0 Å². The van der Waals surface area contributed by atoms with E-state index < -0.39 is 0 Å². The third-order valence-electron chi connectivity index (χ3n) is 6.18. The second kappa shape index (κ2) is 9.28. The number of nitrogens with zero attached hydrogens (tertiary/aromatic N) is 1. The molecule has 3 aromatic carbocycles. The van der Waals surface area contributed by atoms with E-state index in [1.165, 1.54) is 6.42 Å². The summed E-state index contributed by atoms with van der Waals surface area (Å²) in [6.07, 6.45) is 5.43. The zero-order valence-electron chi connectivity index (χ0n) is 18.3. The van der Waals surface area contributed by atoms with Gasteiger partial charge in [-0.1, -0.05) is 49.6 Å². The molecule has 1 aliphatic carbocycles. The van der Waals surface area contributed by atoms with E-state index in [2.05, 4.69) is 15.6 Å². The Kier molecular flexibility index (Phi) is 5.89. The Morgan fingerprint density at radius 3 is 2.33 bits per heavy atom. The van der Waals surface area contributed by atoms with Gasteiger partial charge in [0.2, 0.25) is 5.91 Å². The van der Waals surface area contributed by atoms with Crippen molar-refractivity contribution < 1.29 is 9.59 Å². The fourth-order valence-corrected chi connectivity index (χ4v) is 4.33. The number of carbonyl (C=O) groups is 2. The molecule has 0 bridgehead atoms. The standard InChI is InChI=1S/C27H26N4O2/c32-26(19-7-3-1-4-8-19)29-22-15-16-23-24(17-22)31-25(30-23)18-11-13-20(14-12-18)27(33)28-21-9-5-2-6-10-21/h2,5-6,9-17,19H,1,3-4,7-8H2,(H,28,33)(H,29,32)(H,30,31). The minimum Gasteiger partial charge on any atom is -0.338 e. The van der Waals surface area contributed by atoms with Gasteiger partial charge in [-0.15, -0.1) is 0 Å². The highest BCUT2D eigenvalue weighted by molar-refractivity contribution is 6.04. The first-order valence-corrected chi connectivity index (χ1v) is 11.4. The van der Waals surface area contributed by atoms with Crippen molar-refractivity contribution in [1.29, 1.82) is 0 Å². The van der Waals surface area contributed by atoms with Gasteiger partial charge in [-0.25, -0.2) is 4.98 Å². The molecule has 6 heteroatoms. The van der Waals surface area contributed by atoms with Crippen molar-refractivity contribution in [3.05, 3.63) is 78.4 Å². The highest BCUT2D eigenvalue weighted by Crippen LogP contribution is 2.27. The lowest BCUT2D eigenvalue weighted by atomic mass is 9.88. The first-order chi connectivity index (χ1) is 16.2. The van der Waals surface area contributed by atoms with E-state index in [0.29, 0.717) is 5.56 Å². The molecule has 0 saturated heterocycles. The minimum atomic E-state index is -0.157. The number of fused-ring (bicyclic) bond motifs is 1. The number of H-pyrrole nitrogens is 1. The van der Waals surface area contributed by atoms with E-state index in [1.54, 1.807) is 12.1 Å². The maximum atomic E-state index is 12.6. The van der Waals surface area contributed by atoms with Crippen LogP contribution < -0.4 is 10.6 Å². The molecule has 6 nitrogen and oxygen atoms in total. The summed E-state index contributed by atoms with van der Waals surface area (Å²) in [7, 11) is 0. The van der Waals surface area contributed by atoms with Gasteiger partial charge in [-0.2, -0.15) is 0 Å². The quantitative estimate of drug-likeness (QED) is 0.357. The summed E-state index contributed by atoms with van der Waals surface area (Å²) >= 11 is 0. The molecule has 1 fully saturated rings. The molecule has 0 unspecified atom stereocenters. The summed E-state index contributed by atoms with van der Waals surface area (Å²) in [6.45, 7) is 0. The van der Waals surface area contributed by atoms with Crippen molar-refractivity contribution >= 4 is 34.2 Å². The fourth-order valence-electron chi connectivity index (χ4n) is 4.33. The molecule has 0 radical (unpaired) electrons. The maximum absolute atomic E-state index is 12.6. The Hall–Kier alpha value is -3.93. The van der Waals surface area contributed by atoms with Crippen LogP contribution in [0.25, 0.3) is 22.4 Å². The molecule has 33 heavy (non-hydrogen) atoms. The number of amides is 2. The van der Waals surface area contributed by atoms with Crippen LogP contribution in [0.1, 0.15) is 42.5 Å². The summed E-state index contributed by atoms with van der Waals surface area (Å²) in [4.78, 5) is 33.1. The van der Waals surface area contributed by atoms with Crippen molar-refractivity contribution in [2.45, 2.75) is 32.1 Å². The molecule has 5 rings (SSSR count). The molecule has 1 aliphatic rings. The number of hydrogen-bond acceptors (Lipinski definition) is 3. The minimum absolute atomic E-state index is 0.106. The highest BCUT2D eigenvalue weighted by Gasteiger charge is 2.21. The number of imidazole rings is 1. The lowest BCUT2D eigenvalue weighted by Crippen LogP contribution is -2.24. The molecular formula is C27H26N4O2. The Morgan fingerprint density at radius 1 is 0.818 bits per heavy atom. The maximum Gasteiger partial charge on any atom is 0.255 e. The average molecular weight is 439 g/mol. The Balaban J connectivity index is 1.29. The zero-order chi connectivity index (χ0) is 22.6. The molecule has 0 aliphatic heterocycles. The summed E-state index contributed by atoms with van der Waals surface area (Å²) in [6, 6.07) is 22.5. The van der Waals surface area contributed by atoms with Crippen LogP contribution in [0.15, 0.2) is 72.8 Å². The van der Waals surface area contributed by atoms with Gasteiger partial charge in [-0.05, 0) is 55.3 Å². The zero-order valence-corrected chi connectivity index (χ0v) is 18.3. The molecule has 3 N–H and O–H groups in total. The van der Waals surface area contributed by atoms with Crippen LogP contribution >= 0.6 is 0 Å². The molecule has 0 spiro atoms. The molecule has 1 saturated carbocycles. The number of para-hydroxylation sites is 1. The van der Waals surface area contributed by atoms with Crippen LogP contribution in [0.2, 0.25) is 0 Å². The van der Waals surface area contributed by atoms with Crippen LogP contribution in [0.4, 0.5) is 11.4 Å². The Labute approximate surface area is 192 Å². The Morgan fingerprint density at radius 2 is 1.58 bits per heavy atom. The van der Waals surface area contributed by atoms with Crippen LogP contribution in [0.3, 0.4) is 0 Å². The summed E-state index contributed by atoms with van der Waals surface area (Å²) in [5.74, 6) is 0.780. The van der Waals surface area contributed by atoms with E-state index in [-0.39, 0.29) is 17.7 Å². The fraction of sp³-hybridized carbons (Fsp3) is 0.222. The molecule has 166 valence electrons. The van der Waals surface area contributed by atoms with Gasteiger partial charge in [0.25, 0.3) is 5.91 Å². The van der Waals surface area contributed by atoms with Crippen molar-refractivity contribution in [3.8, 4) is 11.4 Å². The SMILES string of the molecule is O=C(Nc1ccccc1)c1ccc(-c2nc3cc(NC(=O)C4CCCCC4)ccc3[nH]2)cc1. The van der Waals surface area contributed by atoms with E-state index in [1.807, 2.05) is 60.7 Å². The van der Waals surface area contributed by atoms with E-state index in [4.69, 9.17) is 4.98 Å². The number of aromatic nitrogens is 2. The van der Waals surface area contributed by atoms with Crippen molar-refractivity contribution in [1.82, 2.24) is 9.97 Å². The van der Waals surface area contributed by atoms with E-state index in [9.17, 15) is 9.59 Å². The lowest BCUT2D eigenvalue weighted by Gasteiger charge is -2.20. The molecule has 1 aromatic heterocycles. The predicted octanol–water partition coefficient (Wildman–Crippen LogP) is 6.00. The van der Waals surface area contributed by atoms with Gasteiger partial charge >= 0.3 is 0 Å². The number of nitrogens with one attached hydrogen (secondary N) is 3. The normalized spacial score (nSPS) is 14.2. The number of anilines is 2. The predicted molar refractivity (Wildman–Crippen MR) is 131 cm³/mol. The van der Waals surface area contributed by atoms with Gasteiger partial charge in [0.15, 0.2) is 0 Å². The molecular weight excluding hydrogens is 412 g/mol. The highest BCUT2D eigenvalue weighted by atomic mass is 16.2. The van der Waals surface area contributed by atoms with Gasteiger partial charge in [0, 0.05) is 28.4 Å². The average Bonchev–Trinajstić information content (AvgIpc) is 3.29. The first-order valence-electron chi connectivity index (χ1n) is 11.4. The first kappa shape index (κ1) is 20.9. The van der Waals surface area contributed by atoms with Gasteiger partial charge < -0.3 is 15.6 Å².